The molecule has 1 N–H and O–H groups in total. The molecule has 160 valence electrons. The average Bonchev–Trinajstić information content (AvgIpc) is 2.73. The van der Waals surface area contributed by atoms with Crippen LogP contribution < -0.4 is 4.74 Å². The molecular weight excluding hydrogens is 471 g/mol. The number of aliphatic hydroxyl groups excluding tert-OH is 1. The number of aliphatic hydroxyl groups is 1. The highest BCUT2D eigenvalue weighted by Gasteiger charge is 2.11. The van der Waals surface area contributed by atoms with E-state index in [0.717, 1.165) is 23.3 Å². The van der Waals surface area contributed by atoms with E-state index in [2.05, 4.69) is 53.8 Å². The summed E-state index contributed by atoms with van der Waals surface area (Å²) in [5, 5.41) is 10.3. The Bertz CT molecular complexity index is 669. The molecule has 0 fully saturated rings. The molecule has 0 radical (unpaired) electrons. The summed E-state index contributed by atoms with van der Waals surface area (Å²) in [6.07, 6.45) is 14.4. The fraction of sp³-hybridized carbons (Fsp3) is 0.538. The molecule has 0 aliphatic carbocycles. The number of ether oxygens (including phenoxy) is 1. The van der Waals surface area contributed by atoms with Crippen LogP contribution in [0.25, 0.3) is 11.1 Å². The van der Waals surface area contributed by atoms with Crippen molar-refractivity contribution in [3.63, 3.8) is 0 Å². The van der Waals surface area contributed by atoms with Gasteiger partial charge in [-0.1, -0.05) is 101 Å². The average molecular weight is 508 g/mol. The molecule has 0 saturated carbocycles. The Balaban J connectivity index is 1.62. The number of halogens is 1. The van der Waals surface area contributed by atoms with Gasteiger partial charge in [-0.05, 0) is 52.8 Å². The van der Waals surface area contributed by atoms with Crippen LogP contribution in [-0.2, 0) is 0 Å². The molecule has 0 aliphatic rings. The Morgan fingerprint density at radius 2 is 1.31 bits per heavy atom. The van der Waals surface area contributed by atoms with Crippen molar-refractivity contribution in [2.75, 3.05) is 0 Å². The van der Waals surface area contributed by atoms with Gasteiger partial charge in [0.25, 0.3) is 0 Å². The van der Waals surface area contributed by atoms with Crippen LogP contribution in [0.4, 0.5) is 0 Å². The molecule has 0 aromatic heterocycles. The normalized spacial score (nSPS) is 12.1. The summed E-state index contributed by atoms with van der Waals surface area (Å²) in [5.74, 6) is 0.754. The lowest BCUT2D eigenvalue weighted by Gasteiger charge is -2.16. The third-order valence-corrected chi connectivity index (χ3v) is 6.08. The zero-order valence-corrected chi connectivity index (χ0v) is 20.1. The Morgan fingerprint density at radius 3 is 1.93 bits per heavy atom. The summed E-state index contributed by atoms with van der Waals surface area (Å²) in [4.78, 5) is 0. The van der Waals surface area contributed by atoms with Crippen LogP contribution in [0, 0.1) is 3.57 Å². The van der Waals surface area contributed by atoms with Gasteiger partial charge in [0.1, 0.15) is 5.75 Å². The second-order valence-corrected chi connectivity index (χ2v) is 9.15. The Labute approximate surface area is 191 Å². The van der Waals surface area contributed by atoms with Crippen LogP contribution in [0.2, 0.25) is 0 Å². The molecular formula is C26H37IO2. The fourth-order valence-corrected chi connectivity index (χ4v) is 3.99. The predicted molar refractivity (Wildman–Crippen MR) is 132 cm³/mol. The van der Waals surface area contributed by atoms with Crippen molar-refractivity contribution in [3.8, 4) is 16.9 Å². The summed E-state index contributed by atoms with van der Waals surface area (Å²) < 4.78 is 7.09. The molecule has 0 spiro atoms. The molecule has 1 unspecified atom stereocenters. The minimum Gasteiger partial charge on any atom is -0.465 e. The van der Waals surface area contributed by atoms with Gasteiger partial charge in [0.15, 0.2) is 6.29 Å². The third-order valence-electron chi connectivity index (χ3n) is 5.36. The van der Waals surface area contributed by atoms with Gasteiger partial charge >= 0.3 is 0 Å². The van der Waals surface area contributed by atoms with E-state index in [9.17, 15) is 5.11 Å². The molecule has 3 heteroatoms. The lowest BCUT2D eigenvalue weighted by molar-refractivity contribution is -0.0242. The number of hydrogen-bond donors (Lipinski definition) is 1. The molecule has 0 saturated heterocycles. The molecule has 0 bridgehead atoms. The fourth-order valence-electron chi connectivity index (χ4n) is 3.63. The molecule has 0 heterocycles. The van der Waals surface area contributed by atoms with Crippen LogP contribution in [0.1, 0.15) is 84.0 Å². The summed E-state index contributed by atoms with van der Waals surface area (Å²) in [6, 6.07) is 16.3. The first-order valence-electron chi connectivity index (χ1n) is 11.4. The largest absolute Gasteiger partial charge is 0.465 e. The van der Waals surface area contributed by atoms with Gasteiger partial charge in [-0.15, -0.1) is 0 Å². The van der Waals surface area contributed by atoms with Crippen LogP contribution in [0.3, 0.4) is 0 Å². The second kappa shape index (κ2) is 14.8. The smallest absolute Gasteiger partial charge is 0.197 e. The predicted octanol–water partition coefficient (Wildman–Crippen LogP) is 8.36. The van der Waals surface area contributed by atoms with Crippen molar-refractivity contribution in [1.82, 2.24) is 0 Å². The van der Waals surface area contributed by atoms with Gasteiger partial charge in [0, 0.05) is 15.6 Å². The topological polar surface area (TPSA) is 29.5 Å². The summed E-state index contributed by atoms with van der Waals surface area (Å²) in [6.45, 7) is 2.27. The number of rotatable bonds is 15. The zero-order chi connectivity index (χ0) is 20.7. The van der Waals surface area contributed by atoms with Gasteiger partial charge < -0.3 is 9.84 Å². The zero-order valence-electron chi connectivity index (χ0n) is 17.9. The monoisotopic (exact) mass is 508 g/mol. The first kappa shape index (κ1) is 24.2. The van der Waals surface area contributed by atoms with Crippen molar-refractivity contribution in [1.29, 1.82) is 0 Å². The Hall–Kier alpha value is -1.07. The standard InChI is InChI=1S/C26H37IO2/c1-2-3-4-5-6-7-8-9-10-11-12-17-26(28)29-25-16-14-13-15-24(25)22-18-20-23(27)21-19-22/h13-16,18-21,26,28H,2-12,17H2,1H3. The molecule has 1 atom stereocenters. The maximum absolute atomic E-state index is 10.3. The molecule has 2 aromatic carbocycles. The SMILES string of the molecule is CCCCCCCCCCCCCC(O)Oc1ccccc1-c1ccc(I)cc1. The highest BCUT2D eigenvalue weighted by atomic mass is 127. The quantitative estimate of drug-likeness (QED) is 0.149. The van der Waals surface area contributed by atoms with Gasteiger partial charge in [-0.2, -0.15) is 0 Å². The maximum Gasteiger partial charge on any atom is 0.197 e. The van der Waals surface area contributed by atoms with E-state index in [1.807, 2.05) is 24.3 Å². The van der Waals surface area contributed by atoms with Crippen LogP contribution in [0.5, 0.6) is 5.75 Å². The highest BCUT2D eigenvalue weighted by molar-refractivity contribution is 14.1. The van der Waals surface area contributed by atoms with Crippen molar-refractivity contribution in [2.24, 2.45) is 0 Å². The second-order valence-electron chi connectivity index (χ2n) is 7.90. The van der Waals surface area contributed by atoms with Crippen LogP contribution in [0.15, 0.2) is 48.5 Å². The summed E-state index contributed by atoms with van der Waals surface area (Å²) in [7, 11) is 0. The molecule has 2 rings (SSSR count). The lowest BCUT2D eigenvalue weighted by atomic mass is 10.0. The molecule has 2 nitrogen and oxygen atoms in total. The third kappa shape index (κ3) is 9.99. The molecule has 2 aromatic rings. The number of unbranched alkanes of at least 4 members (excludes halogenated alkanes) is 10. The van der Waals surface area contributed by atoms with Gasteiger partial charge in [-0.3, -0.25) is 0 Å². The minimum atomic E-state index is -0.737. The van der Waals surface area contributed by atoms with Crippen LogP contribution in [-0.4, -0.2) is 11.4 Å². The van der Waals surface area contributed by atoms with Gasteiger partial charge in [0.05, 0.1) is 0 Å². The Kier molecular flexibility index (Phi) is 12.4. The van der Waals surface area contributed by atoms with E-state index in [4.69, 9.17) is 4.74 Å². The van der Waals surface area contributed by atoms with Crippen molar-refractivity contribution < 1.29 is 9.84 Å². The van der Waals surface area contributed by atoms with E-state index < -0.39 is 6.29 Å². The number of hydrogen-bond acceptors (Lipinski definition) is 2. The van der Waals surface area contributed by atoms with Gasteiger partial charge in [-0.25, -0.2) is 0 Å². The first-order valence-corrected chi connectivity index (χ1v) is 12.5. The van der Waals surface area contributed by atoms with Crippen molar-refractivity contribution in [2.45, 2.75) is 90.3 Å². The number of benzene rings is 2. The maximum atomic E-state index is 10.3. The van der Waals surface area contributed by atoms with E-state index >= 15 is 0 Å². The highest BCUT2D eigenvalue weighted by Crippen LogP contribution is 2.31. The Morgan fingerprint density at radius 1 is 0.759 bits per heavy atom. The van der Waals surface area contributed by atoms with E-state index in [0.29, 0.717) is 6.42 Å². The van der Waals surface area contributed by atoms with E-state index in [1.54, 1.807) is 0 Å². The van der Waals surface area contributed by atoms with Crippen molar-refractivity contribution >= 4 is 22.6 Å². The lowest BCUT2D eigenvalue weighted by Crippen LogP contribution is -2.15. The first-order chi connectivity index (χ1) is 14.2. The molecule has 29 heavy (non-hydrogen) atoms. The van der Waals surface area contributed by atoms with Crippen LogP contribution >= 0.6 is 22.6 Å². The molecule has 0 amide bonds. The van der Waals surface area contributed by atoms with E-state index in [1.165, 1.54) is 67.8 Å². The van der Waals surface area contributed by atoms with E-state index in [-0.39, 0.29) is 0 Å². The number of para-hydroxylation sites is 1. The molecule has 0 aliphatic heterocycles. The minimum absolute atomic E-state index is 0.693. The summed E-state index contributed by atoms with van der Waals surface area (Å²) >= 11 is 2.31. The van der Waals surface area contributed by atoms with Crippen molar-refractivity contribution in [3.05, 3.63) is 52.1 Å². The summed E-state index contributed by atoms with van der Waals surface area (Å²) in [5.41, 5.74) is 2.14. The van der Waals surface area contributed by atoms with Gasteiger partial charge in [0.2, 0.25) is 0 Å².